The van der Waals surface area contributed by atoms with Crippen LogP contribution in [0.1, 0.15) is 32.1 Å². The molecule has 0 amide bonds. The summed E-state index contributed by atoms with van der Waals surface area (Å²) in [6.45, 7) is 0. The van der Waals surface area contributed by atoms with Crippen LogP contribution in [0, 0.1) is 11.3 Å². The second-order valence-electron chi connectivity index (χ2n) is 3.30. The second kappa shape index (κ2) is 3.80. The quantitative estimate of drug-likeness (QED) is 0.284. The molecule has 0 aromatic heterocycles. The lowest BCUT2D eigenvalue weighted by molar-refractivity contribution is 0.595. The van der Waals surface area contributed by atoms with Crippen LogP contribution in [0.5, 0.6) is 0 Å². The van der Waals surface area contributed by atoms with Crippen molar-refractivity contribution in [2.24, 2.45) is 0 Å². The molecule has 0 aromatic rings. The van der Waals surface area contributed by atoms with Gasteiger partial charge in [0.25, 0.3) is 0 Å². The summed E-state index contributed by atoms with van der Waals surface area (Å²) in [7, 11) is 5.86. The highest BCUT2D eigenvalue weighted by atomic mass is 127. The van der Waals surface area contributed by atoms with Crippen LogP contribution in [0.3, 0.4) is 0 Å². The smallest absolute Gasteiger partial charge is 0.0951 e. The Bertz CT molecular complexity index is 177. The third-order valence-corrected chi connectivity index (χ3v) is 3.51. The van der Waals surface area contributed by atoms with Gasteiger partial charge in [0.1, 0.15) is 0 Å². The van der Waals surface area contributed by atoms with Gasteiger partial charge in [-0.2, -0.15) is 5.26 Å². The molecule has 0 aliphatic heterocycles. The Morgan fingerprint density at radius 2 is 2.18 bits per heavy atom. The van der Waals surface area contributed by atoms with E-state index in [9.17, 15) is 0 Å². The Balaban J connectivity index is 2.54. The van der Waals surface area contributed by atoms with Gasteiger partial charge in [0, 0.05) is 9.24 Å². The van der Waals surface area contributed by atoms with Crippen molar-refractivity contribution in [1.82, 2.24) is 0 Å². The van der Waals surface area contributed by atoms with E-state index in [2.05, 4.69) is 28.7 Å². The Morgan fingerprint density at radius 3 is 2.82 bits per heavy atom. The molecular formula is C8H11BIN. The van der Waals surface area contributed by atoms with Gasteiger partial charge in [-0.15, -0.1) is 0 Å². The third-order valence-electron chi connectivity index (χ3n) is 2.27. The summed E-state index contributed by atoms with van der Waals surface area (Å²) in [4.78, 5) is 0. The molecule has 11 heavy (non-hydrogen) atoms. The number of alkyl halides is 1. The molecule has 2 atom stereocenters. The van der Waals surface area contributed by atoms with Crippen molar-refractivity contribution >= 4 is 30.4 Å². The molecule has 0 heterocycles. The van der Waals surface area contributed by atoms with Crippen molar-refractivity contribution in [3.05, 3.63) is 0 Å². The van der Waals surface area contributed by atoms with Gasteiger partial charge < -0.3 is 0 Å². The molecule has 0 bridgehead atoms. The van der Waals surface area contributed by atoms with Crippen LogP contribution >= 0.6 is 22.6 Å². The van der Waals surface area contributed by atoms with Gasteiger partial charge in [-0.25, -0.2) is 0 Å². The van der Waals surface area contributed by atoms with Gasteiger partial charge in [-0.1, -0.05) is 29.0 Å². The summed E-state index contributed by atoms with van der Waals surface area (Å²) < 4.78 is 0.728. The van der Waals surface area contributed by atoms with E-state index in [0.717, 1.165) is 29.6 Å². The molecule has 1 aliphatic carbocycles. The van der Waals surface area contributed by atoms with E-state index in [1.165, 1.54) is 6.42 Å². The summed E-state index contributed by atoms with van der Waals surface area (Å²) in [6, 6.07) is 2.22. The van der Waals surface area contributed by atoms with Crippen LogP contribution in [0.2, 0.25) is 5.31 Å². The average Bonchev–Trinajstić information content (AvgIpc) is 2.15. The number of halogens is 1. The maximum atomic E-state index is 8.78. The number of hydrogen-bond donors (Lipinski definition) is 0. The fraction of sp³-hybridized carbons (Fsp3) is 0.875. The van der Waals surface area contributed by atoms with E-state index in [4.69, 9.17) is 13.1 Å². The zero-order chi connectivity index (χ0) is 8.32. The Labute approximate surface area is 83.1 Å². The summed E-state index contributed by atoms with van der Waals surface area (Å²) in [5, 5.41) is 8.27. The van der Waals surface area contributed by atoms with Crippen molar-refractivity contribution in [3.63, 3.8) is 0 Å². The van der Waals surface area contributed by atoms with E-state index in [1.54, 1.807) is 0 Å². The summed E-state index contributed by atoms with van der Waals surface area (Å²) in [6.07, 6.45) is 5.18. The van der Waals surface area contributed by atoms with Crippen molar-refractivity contribution in [2.45, 2.75) is 41.3 Å². The molecule has 3 heteroatoms. The number of nitrogens with zero attached hydrogens (tertiary/aromatic N) is 1. The summed E-state index contributed by atoms with van der Waals surface area (Å²) in [5.74, 6) is 0. The molecule has 0 spiro atoms. The van der Waals surface area contributed by atoms with E-state index in [-0.39, 0.29) is 0 Å². The molecule has 0 saturated heterocycles. The highest BCUT2D eigenvalue weighted by Crippen LogP contribution is 2.39. The van der Waals surface area contributed by atoms with Gasteiger partial charge >= 0.3 is 0 Å². The minimum atomic E-state index is -0.514. The molecule has 58 valence electrons. The van der Waals surface area contributed by atoms with Crippen LogP contribution in [0.15, 0.2) is 0 Å². The predicted molar refractivity (Wildman–Crippen MR) is 55.0 cm³/mol. The summed E-state index contributed by atoms with van der Waals surface area (Å²) in [5.41, 5.74) is 0. The van der Waals surface area contributed by atoms with Crippen LogP contribution in [0.4, 0.5) is 0 Å². The SMILES string of the molecule is [B]C1(C#N)CCCC(I)CC1. The van der Waals surface area contributed by atoms with Crippen molar-refractivity contribution in [2.75, 3.05) is 0 Å². The number of nitriles is 1. The first-order valence-electron chi connectivity index (χ1n) is 4.00. The molecule has 0 aromatic carbocycles. The minimum Gasteiger partial charge on any atom is -0.199 e. The minimum absolute atomic E-state index is 0.514. The highest BCUT2D eigenvalue weighted by molar-refractivity contribution is 14.1. The van der Waals surface area contributed by atoms with Crippen molar-refractivity contribution in [3.8, 4) is 6.07 Å². The van der Waals surface area contributed by atoms with Crippen molar-refractivity contribution in [1.29, 1.82) is 5.26 Å². The largest absolute Gasteiger partial charge is 0.199 e. The van der Waals surface area contributed by atoms with Gasteiger partial charge in [-0.3, -0.25) is 0 Å². The van der Waals surface area contributed by atoms with Crippen LogP contribution in [0.25, 0.3) is 0 Å². The third kappa shape index (κ3) is 2.66. The first kappa shape index (κ1) is 9.37. The average molecular weight is 259 g/mol. The predicted octanol–water partition coefficient (Wildman–Crippen LogP) is 2.60. The summed E-state index contributed by atoms with van der Waals surface area (Å²) >= 11 is 2.45. The molecular weight excluding hydrogens is 248 g/mol. The van der Waals surface area contributed by atoms with E-state index in [0.29, 0.717) is 0 Å². The molecule has 1 saturated carbocycles. The number of hydrogen-bond acceptors (Lipinski definition) is 1. The molecule has 2 radical (unpaired) electrons. The van der Waals surface area contributed by atoms with E-state index >= 15 is 0 Å². The molecule has 1 aliphatic rings. The van der Waals surface area contributed by atoms with Gasteiger partial charge in [0.2, 0.25) is 0 Å². The van der Waals surface area contributed by atoms with Gasteiger partial charge in [0.05, 0.1) is 13.9 Å². The normalized spacial score (nSPS) is 39.1. The number of rotatable bonds is 0. The lowest BCUT2D eigenvalue weighted by Crippen LogP contribution is -2.08. The first-order valence-corrected chi connectivity index (χ1v) is 5.25. The highest BCUT2D eigenvalue weighted by Gasteiger charge is 2.26. The lowest BCUT2D eigenvalue weighted by atomic mass is 9.65. The van der Waals surface area contributed by atoms with E-state index in [1.807, 2.05) is 0 Å². The van der Waals surface area contributed by atoms with Crippen LogP contribution in [-0.4, -0.2) is 11.8 Å². The van der Waals surface area contributed by atoms with Crippen molar-refractivity contribution < 1.29 is 0 Å². The molecule has 0 N–H and O–H groups in total. The van der Waals surface area contributed by atoms with Crippen LogP contribution < -0.4 is 0 Å². The maximum absolute atomic E-state index is 8.78. The zero-order valence-corrected chi connectivity index (χ0v) is 8.67. The topological polar surface area (TPSA) is 23.8 Å². The van der Waals surface area contributed by atoms with Gasteiger partial charge in [0.15, 0.2) is 0 Å². The zero-order valence-electron chi connectivity index (χ0n) is 6.52. The Kier molecular flexibility index (Phi) is 3.23. The van der Waals surface area contributed by atoms with Crippen LogP contribution in [-0.2, 0) is 0 Å². The second-order valence-corrected chi connectivity index (χ2v) is 5.06. The van der Waals surface area contributed by atoms with Gasteiger partial charge in [-0.05, 0) is 25.7 Å². The fourth-order valence-corrected chi connectivity index (χ4v) is 2.19. The standard InChI is InChI=1S/C8H11BIN/c9-8(6-11)4-1-2-7(10)3-5-8/h7H,1-5H2. The molecule has 2 unspecified atom stereocenters. The monoisotopic (exact) mass is 259 g/mol. The lowest BCUT2D eigenvalue weighted by Gasteiger charge is -2.18. The first-order chi connectivity index (χ1) is 5.16. The molecule has 1 fully saturated rings. The molecule has 1 nitrogen and oxygen atoms in total. The molecule has 1 rings (SSSR count). The fourth-order valence-electron chi connectivity index (χ4n) is 1.43. The van der Waals surface area contributed by atoms with E-state index < -0.39 is 5.31 Å². The Morgan fingerprint density at radius 1 is 1.45 bits per heavy atom. The maximum Gasteiger partial charge on any atom is 0.0951 e. The Hall–Kier alpha value is 0.285.